The fraction of sp³-hybridized carbons (Fsp3) is 0.391. The lowest BCUT2D eigenvalue weighted by Gasteiger charge is -2.23. The Morgan fingerprint density at radius 1 is 1.28 bits per heavy atom. The lowest BCUT2D eigenvalue weighted by molar-refractivity contribution is 0.0917. The average molecular weight is 411 g/mol. The molecule has 0 saturated carbocycles. The number of rotatable bonds is 6. The van der Waals surface area contributed by atoms with Crippen LogP contribution in [0.1, 0.15) is 41.3 Å². The molecule has 2 heterocycles. The maximum absolute atomic E-state index is 13.4. The lowest BCUT2D eigenvalue weighted by Crippen LogP contribution is -2.37. The number of aryl methyl sites for hydroxylation is 2. The lowest BCUT2D eigenvalue weighted by atomic mass is 10.1. The summed E-state index contributed by atoms with van der Waals surface area (Å²) in [4.78, 5) is 20.0. The van der Waals surface area contributed by atoms with Crippen molar-refractivity contribution in [3.8, 4) is 5.75 Å². The van der Waals surface area contributed by atoms with Gasteiger partial charge in [0.05, 0.1) is 29.5 Å². The number of nitrogens with zero attached hydrogens (tertiary/aromatic N) is 2. The Morgan fingerprint density at radius 2 is 2.07 bits per heavy atom. The normalized spacial score (nSPS) is 16.3. The van der Waals surface area contributed by atoms with Gasteiger partial charge in [-0.05, 0) is 75.1 Å². The van der Waals surface area contributed by atoms with Gasteiger partial charge in [0.1, 0.15) is 5.75 Å². The Bertz CT molecular complexity index is 1010. The molecule has 4 rings (SSSR count). The van der Waals surface area contributed by atoms with Crippen molar-refractivity contribution in [2.75, 3.05) is 24.7 Å². The second-order valence-corrected chi connectivity index (χ2v) is 8.41. The Kier molecular flexibility index (Phi) is 5.83. The van der Waals surface area contributed by atoms with E-state index in [4.69, 9.17) is 14.5 Å². The van der Waals surface area contributed by atoms with Crippen molar-refractivity contribution in [2.45, 2.75) is 39.7 Å². The summed E-state index contributed by atoms with van der Waals surface area (Å²) in [5.41, 5.74) is 3.93. The number of thiazole rings is 1. The molecular weight excluding hydrogens is 384 g/mol. The Labute approximate surface area is 175 Å². The molecule has 1 saturated heterocycles. The molecule has 1 amide bonds. The van der Waals surface area contributed by atoms with E-state index in [1.54, 1.807) is 16.2 Å². The number of ether oxygens (including phenoxy) is 2. The Hall–Kier alpha value is -2.44. The largest absolute Gasteiger partial charge is 0.494 e. The monoisotopic (exact) mass is 410 g/mol. The molecule has 0 aliphatic carbocycles. The number of anilines is 1. The van der Waals surface area contributed by atoms with E-state index in [0.717, 1.165) is 40.5 Å². The van der Waals surface area contributed by atoms with Crippen LogP contribution in [-0.4, -0.2) is 36.8 Å². The number of hydrogen-bond donors (Lipinski definition) is 0. The first-order valence-corrected chi connectivity index (χ1v) is 10.9. The first-order chi connectivity index (χ1) is 14.0. The quantitative estimate of drug-likeness (QED) is 0.565. The van der Waals surface area contributed by atoms with Crippen molar-refractivity contribution in [3.63, 3.8) is 0 Å². The van der Waals surface area contributed by atoms with Gasteiger partial charge in [-0.2, -0.15) is 0 Å². The summed E-state index contributed by atoms with van der Waals surface area (Å²) in [6.45, 7) is 7.98. The fourth-order valence-electron chi connectivity index (χ4n) is 3.74. The van der Waals surface area contributed by atoms with Crippen LogP contribution in [0.4, 0.5) is 5.13 Å². The summed E-state index contributed by atoms with van der Waals surface area (Å²) in [6.07, 6.45) is 2.06. The first kappa shape index (κ1) is 19.9. The van der Waals surface area contributed by atoms with Crippen LogP contribution in [0.2, 0.25) is 0 Å². The van der Waals surface area contributed by atoms with Gasteiger partial charge < -0.3 is 9.47 Å². The molecule has 0 N–H and O–H groups in total. The maximum Gasteiger partial charge on any atom is 0.260 e. The average Bonchev–Trinajstić information content (AvgIpc) is 3.36. The molecule has 0 radical (unpaired) electrons. The second kappa shape index (κ2) is 8.51. The van der Waals surface area contributed by atoms with Gasteiger partial charge in [-0.3, -0.25) is 9.69 Å². The Morgan fingerprint density at radius 3 is 2.76 bits per heavy atom. The van der Waals surface area contributed by atoms with Crippen molar-refractivity contribution in [3.05, 3.63) is 53.1 Å². The number of hydrogen-bond acceptors (Lipinski definition) is 5. The molecule has 152 valence electrons. The summed E-state index contributed by atoms with van der Waals surface area (Å²) in [6, 6.07) is 11.5. The molecule has 1 aliphatic rings. The maximum atomic E-state index is 13.4. The van der Waals surface area contributed by atoms with Crippen LogP contribution in [0.25, 0.3) is 10.2 Å². The van der Waals surface area contributed by atoms with Crippen molar-refractivity contribution >= 4 is 32.6 Å². The highest BCUT2D eigenvalue weighted by Gasteiger charge is 2.27. The zero-order chi connectivity index (χ0) is 20.4. The molecule has 1 fully saturated rings. The molecule has 2 aromatic carbocycles. The number of amides is 1. The number of fused-ring (bicyclic) bond motifs is 1. The van der Waals surface area contributed by atoms with Crippen LogP contribution in [0.15, 0.2) is 36.4 Å². The van der Waals surface area contributed by atoms with E-state index >= 15 is 0 Å². The number of benzene rings is 2. The van der Waals surface area contributed by atoms with Crippen molar-refractivity contribution in [1.82, 2.24) is 4.98 Å². The molecule has 29 heavy (non-hydrogen) atoms. The molecular formula is C23H26N2O3S. The van der Waals surface area contributed by atoms with Crippen LogP contribution in [0, 0.1) is 13.8 Å². The standard InChI is InChI=1S/C23H26N2O3S/c1-4-27-18-9-7-17(8-10-18)22(26)25(14-19-6-5-11-28-19)23-24-20-13-15(2)12-16(3)21(20)29-23/h7-10,12-13,19H,4-6,11,14H2,1-3H3. The topological polar surface area (TPSA) is 51.7 Å². The SMILES string of the molecule is CCOc1ccc(C(=O)N(CC2CCCO2)c2nc3cc(C)cc(C)c3s2)cc1. The van der Waals surface area contributed by atoms with E-state index in [2.05, 4.69) is 26.0 Å². The molecule has 0 bridgehead atoms. The van der Waals surface area contributed by atoms with Gasteiger partial charge in [-0.15, -0.1) is 0 Å². The molecule has 1 unspecified atom stereocenters. The van der Waals surface area contributed by atoms with Gasteiger partial charge in [0, 0.05) is 12.2 Å². The zero-order valence-corrected chi connectivity index (χ0v) is 17.9. The minimum absolute atomic E-state index is 0.0523. The third-order valence-corrected chi connectivity index (χ3v) is 6.34. The summed E-state index contributed by atoms with van der Waals surface area (Å²) in [5.74, 6) is 0.706. The van der Waals surface area contributed by atoms with Crippen molar-refractivity contribution < 1.29 is 14.3 Å². The molecule has 0 spiro atoms. The van der Waals surface area contributed by atoms with Gasteiger partial charge >= 0.3 is 0 Å². The number of carbonyl (C=O) groups is 1. The van der Waals surface area contributed by atoms with E-state index in [0.29, 0.717) is 18.7 Å². The number of aromatic nitrogens is 1. The van der Waals surface area contributed by atoms with Crippen LogP contribution in [0.3, 0.4) is 0 Å². The smallest absolute Gasteiger partial charge is 0.260 e. The minimum Gasteiger partial charge on any atom is -0.494 e. The van der Waals surface area contributed by atoms with Gasteiger partial charge in [0.15, 0.2) is 5.13 Å². The predicted octanol–water partition coefficient (Wildman–Crippen LogP) is 5.14. The minimum atomic E-state index is -0.0584. The van der Waals surface area contributed by atoms with Crippen LogP contribution in [-0.2, 0) is 4.74 Å². The predicted molar refractivity (Wildman–Crippen MR) is 117 cm³/mol. The Balaban J connectivity index is 1.69. The highest BCUT2D eigenvalue weighted by Crippen LogP contribution is 2.33. The van der Waals surface area contributed by atoms with Gasteiger partial charge in [0.25, 0.3) is 5.91 Å². The van der Waals surface area contributed by atoms with Crippen molar-refractivity contribution in [1.29, 1.82) is 0 Å². The summed E-state index contributed by atoms with van der Waals surface area (Å²) < 4.78 is 12.5. The molecule has 3 aromatic rings. The molecule has 5 nitrogen and oxygen atoms in total. The van der Waals surface area contributed by atoms with Crippen LogP contribution in [0.5, 0.6) is 5.75 Å². The van der Waals surface area contributed by atoms with E-state index in [1.807, 2.05) is 31.2 Å². The molecule has 1 aromatic heterocycles. The van der Waals surface area contributed by atoms with Gasteiger partial charge in [-0.25, -0.2) is 4.98 Å². The highest BCUT2D eigenvalue weighted by atomic mass is 32.1. The van der Waals surface area contributed by atoms with E-state index in [-0.39, 0.29) is 12.0 Å². The second-order valence-electron chi connectivity index (χ2n) is 7.43. The van der Waals surface area contributed by atoms with Gasteiger partial charge in [0.2, 0.25) is 0 Å². The summed E-state index contributed by atoms with van der Waals surface area (Å²) >= 11 is 1.57. The zero-order valence-electron chi connectivity index (χ0n) is 17.1. The summed E-state index contributed by atoms with van der Waals surface area (Å²) in [7, 11) is 0. The first-order valence-electron chi connectivity index (χ1n) is 10.1. The van der Waals surface area contributed by atoms with Gasteiger partial charge in [-0.1, -0.05) is 17.4 Å². The third-order valence-electron chi connectivity index (χ3n) is 5.11. The summed E-state index contributed by atoms with van der Waals surface area (Å²) in [5, 5.41) is 0.725. The van der Waals surface area contributed by atoms with E-state index in [9.17, 15) is 4.79 Å². The van der Waals surface area contributed by atoms with Crippen LogP contribution < -0.4 is 9.64 Å². The van der Waals surface area contributed by atoms with Crippen LogP contribution >= 0.6 is 11.3 Å². The molecule has 1 aliphatic heterocycles. The van der Waals surface area contributed by atoms with Crippen molar-refractivity contribution in [2.24, 2.45) is 0 Å². The number of carbonyl (C=O) groups excluding carboxylic acids is 1. The van der Waals surface area contributed by atoms with E-state index < -0.39 is 0 Å². The van der Waals surface area contributed by atoms with E-state index in [1.165, 1.54) is 11.1 Å². The third kappa shape index (κ3) is 4.28. The highest BCUT2D eigenvalue weighted by molar-refractivity contribution is 7.22. The molecule has 6 heteroatoms. The fourth-order valence-corrected chi connectivity index (χ4v) is 4.76. The molecule has 1 atom stereocenters.